The number of ether oxygens (including phenoxy) is 1. The van der Waals surface area contributed by atoms with Gasteiger partial charge < -0.3 is 20.7 Å². The van der Waals surface area contributed by atoms with Gasteiger partial charge in [0.15, 0.2) is 0 Å². The molecular formula is C11H21N3O2. The summed E-state index contributed by atoms with van der Waals surface area (Å²) < 4.78 is 5.76. The summed E-state index contributed by atoms with van der Waals surface area (Å²) in [4.78, 5) is 13.0. The fourth-order valence-corrected chi connectivity index (χ4v) is 2.39. The largest absolute Gasteiger partial charge is 0.376 e. The SMILES string of the molecule is NC1CCCC(OCCN2CCNC2=O)C1. The van der Waals surface area contributed by atoms with E-state index in [1.54, 1.807) is 4.90 Å². The molecule has 1 saturated heterocycles. The summed E-state index contributed by atoms with van der Waals surface area (Å²) in [6.45, 7) is 2.88. The fraction of sp³-hybridized carbons (Fsp3) is 0.909. The molecule has 0 bridgehead atoms. The predicted molar refractivity (Wildman–Crippen MR) is 61.2 cm³/mol. The van der Waals surface area contributed by atoms with Crippen molar-refractivity contribution in [3.63, 3.8) is 0 Å². The number of urea groups is 1. The third-order valence-electron chi connectivity index (χ3n) is 3.33. The van der Waals surface area contributed by atoms with Crippen LogP contribution in [0.2, 0.25) is 0 Å². The van der Waals surface area contributed by atoms with Gasteiger partial charge in [-0.05, 0) is 25.7 Å². The van der Waals surface area contributed by atoms with Crippen molar-refractivity contribution < 1.29 is 9.53 Å². The first-order chi connectivity index (χ1) is 7.75. The Hall–Kier alpha value is -0.810. The van der Waals surface area contributed by atoms with Crippen molar-refractivity contribution in [2.45, 2.75) is 37.8 Å². The number of carbonyl (C=O) groups excluding carboxylic acids is 1. The molecule has 0 aromatic carbocycles. The molecule has 0 radical (unpaired) electrons. The molecule has 2 aliphatic rings. The van der Waals surface area contributed by atoms with E-state index in [0.29, 0.717) is 25.3 Å². The number of rotatable bonds is 4. The summed E-state index contributed by atoms with van der Waals surface area (Å²) in [7, 11) is 0. The zero-order valence-corrected chi connectivity index (χ0v) is 9.65. The van der Waals surface area contributed by atoms with Gasteiger partial charge in [0.25, 0.3) is 0 Å². The third-order valence-corrected chi connectivity index (χ3v) is 3.33. The lowest BCUT2D eigenvalue weighted by Gasteiger charge is -2.27. The van der Waals surface area contributed by atoms with Crippen molar-refractivity contribution >= 4 is 6.03 Å². The Kier molecular flexibility index (Phi) is 4.01. The number of nitrogens with one attached hydrogen (secondary N) is 1. The van der Waals surface area contributed by atoms with E-state index in [2.05, 4.69) is 5.32 Å². The highest BCUT2D eigenvalue weighted by atomic mass is 16.5. The fourth-order valence-electron chi connectivity index (χ4n) is 2.39. The third kappa shape index (κ3) is 3.09. The lowest BCUT2D eigenvalue weighted by Crippen LogP contribution is -2.35. The summed E-state index contributed by atoms with van der Waals surface area (Å²) in [5.41, 5.74) is 5.89. The van der Waals surface area contributed by atoms with Gasteiger partial charge in [-0.2, -0.15) is 0 Å². The molecule has 1 aliphatic heterocycles. The van der Waals surface area contributed by atoms with Crippen LogP contribution in [-0.2, 0) is 4.74 Å². The maximum Gasteiger partial charge on any atom is 0.317 e. The van der Waals surface area contributed by atoms with Crippen LogP contribution in [0.25, 0.3) is 0 Å². The van der Waals surface area contributed by atoms with E-state index in [1.165, 1.54) is 0 Å². The van der Waals surface area contributed by atoms with Gasteiger partial charge in [-0.3, -0.25) is 0 Å². The van der Waals surface area contributed by atoms with Crippen LogP contribution in [0.15, 0.2) is 0 Å². The molecule has 2 rings (SSSR count). The monoisotopic (exact) mass is 227 g/mol. The molecule has 5 nitrogen and oxygen atoms in total. The van der Waals surface area contributed by atoms with E-state index in [-0.39, 0.29) is 6.03 Å². The lowest BCUT2D eigenvalue weighted by molar-refractivity contribution is 0.0175. The number of hydrogen-bond acceptors (Lipinski definition) is 3. The molecule has 16 heavy (non-hydrogen) atoms. The smallest absolute Gasteiger partial charge is 0.317 e. The summed E-state index contributed by atoms with van der Waals surface area (Å²) in [5, 5.41) is 2.78. The second-order valence-electron chi connectivity index (χ2n) is 4.64. The molecule has 2 atom stereocenters. The average molecular weight is 227 g/mol. The van der Waals surface area contributed by atoms with Crippen molar-refractivity contribution in [2.24, 2.45) is 5.73 Å². The zero-order chi connectivity index (χ0) is 11.4. The Morgan fingerprint density at radius 1 is 1.50 bits per heavy atom. The van der Waals surface area contributed by atoms with Crippen molar-refractivity contribution in [1.82, 2.24) is 10.2 Å². The first-order valence-electron chi connectivity index (χ1n) is 6.15. The van der Waals surface area contributed by atoms with Gasteiger partial charge in [-0.25, -0.2) is 4.79 Å². The molecular weight excluding hydrogens is 206 g/mol. The maximum absolute atomic E-state index is 11.2. The first-order valence-corrected chi connectivity index (χ1v) is 6.15. The van der Waals surface area contributed by atoms with Crippen LogP contribution in [0, 0.1) is 0 Å². The summed E-state index contributed by atoms with van der Waals surface area (Å²) >= 11 is 0. The quantitative estimate of drug-likeness (QED) is 0.725. The molecule has 1 saturated carbocycles. The lowest BCUT2D eigenvalue weighted by atomic mass is 9.94. The van der Waals surface area contributed by atoms with Gasteiger partial charge in [-0.15, -0.1) is 0 Å². The first kappa shape index (κ1) is 11.7. The topological polar surface area (TPSA) is 67.6 Å². The summed E-state index contributed by atoms with van der Waals surface area (Å²) in [5.74, 6) is 0. The molecule has 92 valence electrons. The number of nitrogens with two attached hydrogens (primary N) is 1. The normalized spacial score (nSPS) is 30.6. The van der Waals surface area contributed by atoms with Gasteiger partial charge in [0.1, 0.15) is 0 Å². The van der Waals surface area contributed by atoms with Gasteiger partial charge in [0.05, 0.1) is 12.7 Å². The Morgan fingerprint density at radius 2 is 2.38 bits per heavy atom. The van der Waals surface area contributed by atoms with Gasteiger partial charge in [0, 0.05) is 25.7 Å². The second kappa shape index (κ2) is 5.50. The van der Waals surface area contributed by atoms with Crippen LogP contribution in [-0.4, -0.2) is 49.3 Å². The highest BCUT2D eigenvalue weighted by Crippen LogP contribution is 2.19. The minimum atomic E-state index is 0.0314. The predicted octanol–water partition coefficient (Wildman–Crippen LogP) is 0.298. The van der Waals surface area contributed by atoms with Gasteiger partial charge in [0.2, 0.25) is 0 Å². The standard InChI is InChI=1S/C11H21N3O2/c12-9-2-1-3-10(8-9)16-7-6-14-5-4-13-11(14)15/h9-10H,1-8,12H2,(H,13,15). The number of carbonyl (C=O) groups is 1. The van der Waals surface area contributed by atoms with Crippen molar-refractivity contribution in [2.75, 3.05) is 26.2 Å². The number of hydrogen-bond donors (Lipinski definition) is 2. The van der Waals surface area contributed by atoms with Crippen molar-refractivity contribution in [1.29, 1.82) is 0 Å². The molecule has 0 aromatic heterocycles. The Labute approximate surface area is 96.3 Å². The highest BCUT2D eigenvalue weighted by Gasteiger charge is 2.22. The van der Waals surface area contributed by atoms with E-state index >= 15 is 0 Å². The molecule has 1 aliphatic carbocycles. The van der Waals surface area contributed by atoms with Crippen LogP contribution in [0.4, 0.5) is 4.79 Å². The van der Waals surface area contributed by atoms with Crippen molar-refractivity contribution in [3.8, 4) is 0 Å². The number of nitrogens with zero attached hydrogens (tertiary/aromatic N) is 1. The molecule has 0 spiro atoms. The van der Waals surface area contributed by atoms with Crippen LogP contribution >= 0.6 is 0 Å². The van der Waals surface area contributed by atoms with E-state index in [1.807, 2.05) is 0 Å². The molecule has 3 N–H and O–H groups in total. The maximum atomic E-state index is 11.2. The van der Waals surface area contributed by atoms with E-state index in [9.17, 15) is 4.79 Å². The minimum Gasteiger partial charge on any atom is -0.376 e. The van der Waals surface area contributed by atoms with Gasteiger partial charge >= 0.3 is 6.03 Å². The summed E-state index contributed by atoms with van der Waals surface area (Å²) in [6, 6.07) is 0.331. The molecule has 2 unspecified atom stereocenters. The van der Waals surface area contributed by atoms with Crippen LogP contribution in [0.3, 0.4) is 0 Å². The molecule has 0 aromatic rings. The van der Waals surface area contributed by atoms with Crippen molar-refractivity contribution in [3.05, 3.63) is 0 Å². The minimum absolute atomic E-state index is 0.0314. The zero-order valence-electron chi connectivity index (χ0n) is 9.65. The molecule has 2 amide bonds. The van der Waals surface area contributed by atoms with Crippen LogP contribution in [0.5, 0.6) is 0 Å². The Bertz CT molecular complexity index is 247. The average Bonchev–Trinajstić information content (AvgIpc) is 2.65. The molecule has 2 fully saturated rings. The summed E-state index contributed by atoms with van der Waals surface area (Å²) in [6.07, 6.45) is 4.66. The van der Waals surface area contributed by atoms with E-state index < -0.39 is 0 Å². The van der Waals surface area contributed by atoms with E-state index in [0.717, 1.165) is 38.8 Å². The van der Waals surface area contributed by atoms with Crippen LogP contribution < -0.4 is 11.1 Å². The molecule has 1 heterocycles. The Morgan fingerprint density at radius 3 is 3.06 bits per heavy atom. The van der Waals surface area contributed by atoms with Crippen LogP contribution in [0.1, 0.15) is 25.7 Å². The second-order valence-corrected chi connectivity index (χ2v) is 4.64. The Balaban J connectivity index is 1.62. The number of amides is 2. The van der Waals surface area contributed by atoms with Gasteiger partial charge in [-0.1, -0.05) is 0 Å². The molecule has 5 heteroatoms. The van der Waals surface area contributed by atoms with E-state index in [4.69, 9.17) is 10.5 Å². The highest BCUT2D eigenvalue weighted by molar-refractivity contribution is 5.76.